The lowest BCUT2D eigenvalue weighted by Crippen LogP contribution is -2.19. The largest absolute Gasteiger partial charge is 0.481 e. The molecule has 2 heterocycles. The smallest absolute Gasteiger partial charge is 0.308 e. The van der Waals surface area contributed by atoms with Gasteiger partial charge in [0.2, 0.25) is 0 Å². The first-order valence-corrected chi connectivity index (χ1v) is 6.03. The Bertz CT molecular complexity index is 540. The van der Waals surface area contributed by atoms with Crippen molar-refractivity contribution >= 4 is 5.97 Å². The molecule has 0 spiro atoms. The fraction of sp³-hybridized carbons (Fsp3) is 0.417. The van der Waals surface area contributed by atoms with E-state index in [0.29, 0.717) is 12.2 Å². The van der Waals surface area contributed by atoms with Crippen LogP contribution in [0.25, 0.3) is 0 Å². The van der Waals surface area contributed by atoms with Crippen LogP contribution in [0, 0.1) is 5.92 Å². The number of rotatable bonds is 6. The molecule has 2 aromatic rings. The molecular formula is C12H15N5O2. The summed E-state index contributed by atoms with van der Waals surface area (Å²) in [6.45, 7) is 1.92. The Labute approximate surface area is 110 Å². The predicted octanol–water partition coefficient (Wildman–Crippen LogP) is 0.574. The van der Waals surface area contributed by atoms with Crippen LogP contribution in [0.4, 0.5) is 0 Å². The van der Waals surface area contributed by atoms with Gasteiger partial charge in [-0.3, -0.25) is 9.78 Å². The Balaban J connectivity index is 1.98. The van der Waals surface area contributed by atoms with Crippen molar-refractivity contribution < 1.29 is 9.90 Å². The van der Waals surface area contributed by atoms with Crippen molar-refractivity contribution in [3.05, 3.63) is 35.9 Å². The van der Waals surface area contributed by atoms with Crippen LogP contribution < -0.4 is 0 Å². The normalized spacial score (nSPS) is 12.3. The number of carboxylic acids is 1. The van der Waals surface area contributed by atoms with Gasteiger partial charge in [-0.25, -0.2) is 4.68 Å². The van der Waals surface area contributed by atoms with Gasteiger partial charge in [-0.1, -0.05) is 6.92 Å². The van der Waals surface area contributed by atoms with Gasteiger partial charge >= 0.3 is 5.97 Å². The number of pyridine rings is 1. The van der Waals surface area contributed by atoms with Crippen LogP contribution in [0.5, 0.6) is 0 Å². The maximum absolute atomic E-state index is 10.8. The minimum atomic E-state index is -0.851. The van der Waals surface area contributed by atoms with Crippen LogP contribution in [-0.2, 0) is 24.2 Å². The number of carboxylic acid groups (broad SMARTS) is 1. The van der Waals surface area contributed by atoms with E-state index in [1.54, 1.807) is 24.0 Å². The molecule has 100 valence electrons. The second-order valence-electron chi connectivity index (χ2n) is 4.37. The summed E-state index contributed by atoms with van der Waals surface area (Å²) in [4.78, 5) is 14.8. The van der Waals surface area contributed by atoms with Gasteiger partial charge in [0.15, 0.2) is 5.82 Å². The van der Waals surface area contributed by atoms with Crippen molar-refractivity contribution in [2.45, 2.75) is 26.3 Å². The molecule has 0 bridgehead atoms. The third-order valence-corrected chi connectivity index (χ3v) is 2.86. The second kappa shape index (κ2) is 6.03. The zero-order chi connectivity index (χ0) is 13.7. The van der Waals surface area contributed by atoms with E-state index >= 15 is 0 Å². The minimum Gasteiger partial charge on any atom is -0.481 e. The van der Waals surface area contributed by atoms with Gasteiger partial charge in [0.25, 0.3) is 0 Å². The van der Waals surface area contributed by atoms with Crippen molar-refractivity contribution in [1.29, 1.82) is 0 Å². The SMILES string of the molecule is CC(Cn1nnnc1CCc1ccncc1)C(=O)O. The Hall–Kier alpha value is -2.31. The summed E-state index contributed by atoms with van der Waals surface area (Å²) < 4.78 is 1.56. The van der Waals surface area contributed by atoms with Crippen molar-refractivity contribution in [3.63, 3.8) is 0 Å². The number of tetrazole rings is 1. The Kier molecular flexibility index (Phi) is 4.17. The number of hydrogen-bond acceptors (Lipinski definition) is 5. The van der Waals surface area contributed by atoms with E-state index in [1.165, 1.54) is 0 Å². The number of carbonyl (C=O) groups is 1. The van der Waals surface area contributed by atoms with Crippen LogP contribution in [0.15, 0.2) is 24.5 Å². The van der Waals surface area contributed by atoms with E-state index in [4.69, 9.17) is 5.11 Å². The van der Waals surface area contributed by atoms with E-state index < -0.39 is 11.9 Å². The number of aliphatic carboxylic acids is 1. The fourth-order valence-electron chi connectivity index (χ4n) is 1.69. The van der Waals surface area contributed by atoms with E-state index in [9.17, 15) is 4.79 Å². The van der Waals surface area contributed by atoms with Gasteiger partial charge in [0.05, 0.1) is 12.5 Å². The molecule has 1 atom stereocenters. The number of hydrogen-bond donors (Lipinski definition) is 1. The van der Waals surface area contributed by atoms with Gasteiger partial charge in [0.1, 0.15) is 0 Å². The maximum atomic E-state index is 10.8. The summed E-state index contributed by atoms with van der Waals surface area (Å²) in [5.74, 6) is -0.663. The van der Waals surface area contributed by atoms with E-state index in [-0.39, 0.29) is 6.54 Å². The molecule has 0 fully saturated rings. The third-order valence-electron chi connectivity index (χ3n) is 2.86. The minimum absolute atomic E-state index is 0.286. The summed E-state index contributed by atoms with van der Waals surface area (Å²) in [5.41, 5.74) is 1.15. The van der Waals surface area contributed by atoms with Crippen molar-refractivity contribution in [2.24, 2.45) is 5.92 Å². The summed E-state index contributed by atoms with van der Waals surface area (Å²) in [6.07, 6.45) is 4.95. The zero-order valence-corrected chi connectivity index (χ0v) is 10.6. The first kappa shape index (κ1) is 13.1. The molecular weight excluding hydrogens is 246 g/mol. The molecule has 0 aliphatic carbocycles. The molecule has 0 aromatic carbocycles. The molecule has 1 N–H and O–H groups in total. The van der Waals surface area contributed by atoms with E-state index in [2.05, 4.69) is 20.5 Å². The molecule has 0 amide bonds. The summed E-state index contributed by atoms with van der Waals surface area (Å²) >= 11 is 0. The number of nitrogens with zero attached hydrogens (tertiary/aromatic N) is 5. The van der Waals surface area contributed by atoms with Gasteiger partial charge in [0, 0.05) is 18.8 Å². The monoisotopic (exact) mass is 261 g/mol. The lowest BCUT2D eigenvalue weighted by atomic mass is 10.1. The molecule has 0 radical (unpaired) electrons. The predicted molar refractivity (Wildman–Crippen MR) is 66.3 cm³/mol. The average Bonchev–Trinajstić information content (AvgIpc) is 2.85. The standard InChI is InChI=1S/C12H15N5O2/c1-9(12(18)19)8-17-11(14-15-16-17)3-2-10-4-6-13-7-5-10/h4-7,9H,2-3,8H2,1H3,(H,18,19). The highest BCUT2D eigenvalue weighted by Gasteiger charge is 2.15. The highest BCUT2D eigenvalue weighted by molar-refractivity contribution is 5.69. The highest BCUT2D eigenvalue weighted by Crippen LogP contribution is 2.06. The van der Waals surface area contributed by atoms with Crippen molar-refractivity contribution in [3.8, 4) is 0 Å². The molecule has 7 heteroatoms. The van der Waals surface area contributed by atoms with Crippen LogP contribution in [0.1, 0.15) is 18.3 Å². The first-order valence-electron chi connectivity index (χ1n) is 6.03. The number of aromatic nitrogens is 5. The van der Waals surface area contributed by atoms with Gasteiger partial charge in [-0.2, -0.15) is 0 Å². The first-order chi connectivity index (χ1) is 9.16. The Morgan fingerprint density at radius 3 is 2.79 bits per heavy atom. The molecule has 19 heavy (non-hydrogen) atoms. The quantitative estimate of drug-likeness (QED) is 0.817. The van der Waals surface area contributed by atoms with Gasteiger partial charge < -0.3 is 5.11 Å². The van der Waals surface area contributed by atoms with Crippen LogP contribution >= 0.6 is 0 Å². The van der Waals surface area contributed by atoms with Crippen LogP contribution in [0.2, 0.25) is 0 Å². The third kappa shape index (κ3) is 3.57. The fourth-order valence-corrected chi connectivity index (χ4v) is 1.69. The van der Waals surface area contributed by atoms with Crippen LogP contribution in [-0.4, -0.2) is 36.3 Å². The van der Waals surface area contributed by atoms with Crippen LogP contribution in [0.3, 0.4) is 0 Å². The van der Waals surface area contributed by atoms with Crippen molar-refractivity contribution in [1.82, 2.24) is 25.2 Å². The molecule has 2 aromatic heterocycles. The number of aryl methyl sites for hydroxylation is 2. The average molecular weight is 261 g/mol. The molecule has 0 aliphatic heterocycles. The summed E-state index contributed by atoms with van der Waals surface area (Å²) in [6, 6.07) is 3.88. The van der Waals surface area contributed by atoms with E-state index in [0.717, 1.165) is 12.0 Å². The molecule has 0 saturated heterocycles. The topological polar surface area (TPSA) is 93.8 Å². The molecule has 2 rings (SSSR count). The summed E-state index contributed by atoms with van der Waals surface area (Å²) in [7, 11) is 0. The van der Waals surface area contributed by atoms with Gasteiger partial charge in [-0.05, 0) is 34.5 Å². The van der Waals surface area contributed by atoms with Crippen molar-refractivity contribution in [2.75, 3.05) is 0 Å². The lowest BCUT2D eigenvalue weighted by molar-refractivity contribution is -0.141. The zero-order valence-electron chi connectivity index (χ0n) is 10.6. The molecule has 0 aliphatic rings. The Morgan fingerprint density at radius 1 is 1.37 bits per heavy atom. The lowest BCUT2D eigenvalue weighted by Gasteiger charge is -2.07. The Morgan fingerprint density at radius 2 is 2.11 bits per heavy atom. The van der Waals surface area contributed by atoms with E-state index in [1.807, 2.05) is 12.1 Å². The molecule has 0 saturated carbocycles. The summed E-state index contributed by atoms with van der Waals surface area (Å²) in [5, 5.41) is 20.3. The highest BCUT2D eigenvalue weighted by atomic mass is 16.4. The maximum Gasteiger partial charge on any atom is 0.308 e. The molecule has 1 unspecified atom stereocenters. The molecule has 7 nitrogen and oxygen atoms in total. The van der Waals surface area contributed by atoms with Gasteiger partial charge in [-0.15, -0.1) is 5.10 Å². The second-order valence-corrected chi connectivity index (χ2v) is 4.37.